The van der Waals surface area contributed by atoms with E-state index in [0.717, 1.165) is 5.56 Å². The molecule has 1 amide bonds. The van der Waals surface area contributed by atoms with E-state index in [0.29, 0.717) is 28.6 Å². The molecule has 0 N–H and O–H groups in total. The lowest BCUT2D eigenvalue weighted by atomic mass is 9.94. The average molecular weight is 402 g/mol. The molecule has 0 aromatic heterocycles. The highest BCUT2D eigenvalue weighted by molar-refractivity contribution is 8.15. The van der Waals surface area contributed by atoms with Gasteiger partial charge in [-0.05, 0) is 38.0 Å². The van der Waals surface area contributed by atoms with Crippen LogP contribution in [0.2, 0.25) is 0 Å². The largest absolute Gasteiger partial charge is 0.463 e. The standard InChI is InChI=1S/C20H22N2O5S/c1-5-15-18(24)22-17(13-7-9-14(10-8-13)27-12(4)23)16(19(25)26-6-2)11(3)21-20(22)28-15/h7-10,15,17H,5-6H2,1-4H3/t15-,17-/m0/s1. The third kappa shape index (κ3) is 3.69. The lowest BCUT2D eigenvalue weighted by Crippen LogP contribution is -2.40. The van der Waals surface area contributed by atoms with E-state index in [1.54, 1.807) is 43.0 Å². The van der Waals surface area contributed by atoms with Crippen molar-refractivity contribution in [2.75, 3.05) is 6.61 Å². The van der Waals surface area contributed by atoms with Gasteiger partial charge in [-0.25, -0.2) is 9.79 Å². The quantitative estimate of drug-likeness (QED) is 0.555. The van der Waals surface area contributed by atoms with Gasteiger partial charge in [0, 0.05) is 6.92 Å². The van der Waals surface area contributed by atoms with Crippen LogP contribution in [-0.4, -0.2) is 39.8 Å². The van der Waals surface area contributed by atoms with Gasteiger partial charge in [0.2, 0.25) is 5.91 Å². The van der Waals surface area contributed by atoms with Crippen molar-refractivity contribution in [3.8, 4) is 5.75 Å². The number of benzene rings is 1. The first kappa shape index (κ1) is 20.1. The third-order valence-electron chi connectivity index (χ3n) is 4.47. The minimum atomic E-state index is -0.630. The molecule has 1 saturated heterocycles. The maximum atomic E-state index is 13.0. The SMILES string of the molecule is CCOC(=O)C1=C(C)N=C2S[C@@H](CC)C(=O)N2[C@H]1c1ccc(OC(C)=O)cc1. The lowest BCUT2D eigenvalue weighted by molar-refractivity contribution is -0.139. The van der Waals surface area contributed by atoms with Crippen molar-refractivity contribution in [2.24, 2.45) is 4.99 Å². The molecule has 2 heterocycles. The molecule has 0 unspecified atom stereocenters. The molecule has 1 aromatic rings. The number of thioether (sulfide) groups is 1. The summed E-state index contributed by atoms with van der Waals surface area (Å²) in [6.45, 7) is 6.99. The predicted octanol–water partition coefficient (Wildman–Crippen LogP) is 3.21. The Morgan fingerprint density at radius 1 is 1.21 bits per heavy atom. The average Bonchev–Trinajstić information content (AvgIpc) is 2.96. The summed E-state index contributed by atoms with van der Waals surface area (Å²) >= 11 is 1.41. The third-order valence-corrected chi connectivity index (χ3v) is 5.79. The summed E-state index contributed by atoms with van der Waals surface area (Å²) in [7, 11) is 0. The molecule has 0 spiro atoms. The summed E-state index contributed by atoms with van der Waals surface area (Å²) in [4.78, 5) is 42.9. The number of allylic oxidation sites excluding steroid dienone is 1. The molecule has 2 aliphatic heterocycles. The van der Waals surface area contributed by atoms with E-state index in [4.69, 9.17) is 9.47 Å². The number of carbonyl (C=O) groups excluding carboxylic acids is 3. The summed E-state index contributed by atoms with van der Waals surface area (Å²) in [5.74, 6) is -0.586. The second-order valence-electron chi connectivity index (χ2n) is 6.40. The van der Waals surface area contributed by atoms with Crippen LogP contribution < -0.4 is 4.74 Å². The summed E-state index contributed by atoms with van der Waals surface area (Å²) in [5, 5.41) is 0.368. The Balaban J connectivity index is 2.06. The Hall–Kier alpha value is -2.61. The number of amides is 1. The minimum Gasteiger partial charge on any atom is -0.463 e. The zero-order chi connectivity index (χ0) is 20.4. The first-order valence-electron chi connectivity index (χ1n) is 9.12. The Labute approximate surface area is 167 Å². The highest BCUT2D eigenvalue weighted by Crippen LogP contribution is 2.44. The van der Waals surface area contributed by atoms with Gasteiger partial charge >= 0.3 is 11.9 Å². The highest BCUT2D eigenvalue weighted by atomic mass is 32.2. The van der Waals surface area contributed by atoms with Crippen LogP contribution >= 0.6 is 11.8 Å². The van der Waals surface area contributed by atoms with Gasteiger partial charge < -0.3 is 9.47 Å². The molecule has 0 bridgehead atoms. The number of aliphatic imine (C=N–C) groups is 1. The molecule has 0 aliphatic carbocycles. The Kier molecular flexibility index (Phi) is 5.88. The van der Waals surface area contributed by atoms with Crippen LogP contribution in [0.25, 0.3) is 0 Å². The summed E-state index contributed by atoms with van der Waals surface area (Å²) in [6, 6.07) is 6.15. The summed E-state index contributed by atoms with van der Waals surface area (Å²) in [5.41, 5.74) is 1.60. The summed E-state index contributed by atoms with van der Waals surface area (Å²) in [6.07, 6.45) is 0.672. The normalized spacial score (nSPS) is 21.4. The number of hydrogen-bond donors (Lipinski definition) is 0. The molecule has 1 fully saturated rings. The van der Waals surface area contributed by atoms with E-state index in [1.165, 1.54) is 18.7 Å². The molecule has 2 aliphatic rings. The first-order valence-corrected chi connectivity index (χ1v) is 10.00. The van der Waals surface area contributed by atoms with Crippen molar-refractivity contribution in [3.05, 3.63) is 41.1 Å². The number of ether oxygens (including phenoxy) is 2. The van der Waals surface area contributed by atoms with Crippen molar-refractivity contribution in [1.82, 2.24) is 4.90 Å². The van der Waals surface area contributed by atoms with Crippen molar-refractivity contribution >= 4 is 34.8 Å². The fourth-order valence-corrected chi connectivity index (χ4v) is 4.39. The number of nitrogens with zero attached hydrogens (tertiary/aromatic N) is 2. The van der Waals surface area contributed by atoms with E-state index >= 15 is 0 Å². The molecule has 0 saturated carbocycles. The van der Waals surface area contributed by atoms with Crippen LogP contribution in [0.4, 0.5) is 0 Å². The van der Waals surface area contributed by atoms with Crippen LogP contribution in [0.15, 0.2) is 40.5 Å². The van der Waals surface area contributed by atoms with Gasteiger partial charge in [-0.2, -0.15) is 0 Å². The molecule has 148 valence electrons. The Morgan fingerprint density at radius 2 is 1.89 bits per heavy atom. The maximum Gasteiger partial charge on any atom is 0.338 e. The number of fused-ring (bicyclic) bond motifs is 1. The van der Waals surface area contributed by atoms with E-state index in [9.17, 15) is 14.4 Å². The second-order valence-corrected chi connectivity index (χ2v) is 7.57. The first-order chi connectivity index (χ1) is 13.4. The molecule has 7 nitrogen and oxygen atoms in total. The van der Waals surface area contributed by atoms with Crippen molar-refractivity contribution in [3.63, 3.8) is 0 Å². The lowest BCUT2D eigenvalue weighted by Gasteiger charge is -2.33. The number of amidine groups is 1. The van der Waals surface area contributed by atoms with Gasteiger partial charge in [-0.15, -0.1) is 0 Å². The topological polar surface area (TPSA) is 85.3 Å². The van der Waals surface area contributed by atoms with Crippen molar-refractivity contribution in [1.29, 1.82) is 0 Å². The van der Waals surface area contributed by atoms with Gasteiger partial charge in [0.1, 0.15) is 5.75 Å². The number of rotatable bonds is 5. The monoisotopic (exact) mass is 402 g/mol. The highest BCUT2D eigenvalue weighted by Gasteiger charge is 2.47. The molecule has 1 aromatic carbocycles. The molecule has 3 rings (SSSR count). The number of hydrogen-bond acceptors (Lipinski definition) is 7. The van der Waals surface area contributed by atoms with Gasteiger partial charge in [-0.1, -0.05) is 30.8 Å². The minimum absolute atomic E-state index is 0.0744. The maximum absolute atomic E-state index is 13.0. The molecule has 2 atom stereocenters. The fraction of sp³-hybridized carbons (Fsp3) is 0.400. The van der Waals surface area contributed by atoms with Crippen LogP contribution in [0, 0.1) is 0 Å². The summed E-state index contributed by atoms with van der Waals surface area (Å²) < 4.78 is 10.3. The van der Waals surface area contributed by atoms with Gasteiger partial charge in [0.25, 0.3) is 0 Å². The molecule has 8 heteroatoms. The van der Waals surface area contributed by atoms with E-state index in [2.05, 4.69) is 4.99 Å². The molecule has 28 heavy (non-hydrogen) atoms. The van der Waals surface area contributed by atoms with Gasteiger partial charge in [0.05, 0.1) is 29.2 Å². The zero-order valence-electron chi connectivity index (χ0n) is 16.2. The van der Waals surface area contributed by atoms with Crippen LogP contribution in [0.3, 0.4) is 0 Å². The number of esters is 2. The van der Waals surface area contributed by atoms with Crippen molar-refractivity contribution in [2.45, 2.75) is 45.4 Å². The Morgan fingerprint density at radius 3 is 2.46 bits per heavy atom. The smallest absolute Gasteiger partial charge is 0.338 e. The van der Waals surface area contributed by atoms with E-state index in [1.807, 2.05) is 6.92 Å². The molecular weight excluding hydrogens is 380 g/mol. The van der Waals surface area contributed by atoms with E-state index in [-0.39, 0.29) is 17.8 Å². The van der Waals surface area contributed by atoms with Crippen LogP contribution in [0.5, 0.6) is 5.75 Å². The van der Waals surface area contributed by atoms with Crippen LogP contribution in [0.1, 0.15) is 45.7 Å². The fourth-order valence-electron chi connectivity index (χ4n) is 3.26. The number of carbonyl (C=O) groups is 3. The van der Waals surface area contributed by atoms with Gasteiger partial charge in [0.15, 0.2) is 5.17 Å². The molecule has 0 radical (unpaired) electrons. The predicted molar refractivity (Wildman–Crippen MR) is 106 cm³/mol. The zero-order valence-corrected chi connectivity index (χ0v) is 17.0. The van der Waals surface area contributed by atoms with Crippen molar-refractivity contribution < 1.29 is 23.9 Å². The molecular formula is C20H22N2O5S. The van der Waals surface area contributed by atoms with E-state index < -0.39 is 18.0 Å². The van der Waals surface area contributed by atoms with Crippen LogP contribution in [-0.2, 0) is 19.1 Å². The Bertz CT molecular complexity index is 875. The van der Waals surface area contributed by atoms with Gasteiger partial charge in [-0.3, -0.25) is 14.5 Å². The second kappa shape index (κ2) is 8.18.